The lowest BCUT2D eigenvalue weighted by Gasteiger charge is -2.36. The Kier molecular flexibility index (Phi) is 8.70. The van der Waals surface area contributed by atoms with Crippen molar-refractivity contribution in [3.63, 3.8) is 0 Å². The van der Waals surface area contributed by atoms with Gasteiger partial charge in [0.05, 0.1) is 21.3 Å². The van der Waals surface area contributed by atoms with E-state index in [0.29, 0.717) is 65.3 Å². The van der Waals surface area contributed by atoms with Gasteiger partial charge in [-0.3, -0.25) is 14.5 Å². The maximum atomic E-state index is 13.1. The number of benzene rings is 4. The van der Waals surface area contributed by atoms with E-state index in [1.807, 2.05) is 37.4 Å². The molecule has 47 heavy (non-hydrogen) atoms. The van der Waals surface area contributed by atoms with Gasteiger partial charge < -0.3 is 34.1 Å². The first-order valence-electron chi connectivity index (χ1n) is 15.4. The highest BCUT2D eigenvalue weighted by Gasteiger charge is 2.34. The Labute approximate surface area is 273 Å². The number of hydrogen-bond acceptors (Lipinski definition) is 9. The van der Waals surface area contributed by atoms with E-state index in [9.17, 15) is 19.8 Å². The SMILES string of the molecule is COc1cc2c(cc1Oc1c(O)c(OC)cc3c1[C@H](Cc1ccc(OC)c(-c4cc(C=O)ccc4O)c1)N(C)CC3)C(=O)N(C)CC2. The highest BCUT2D eigenvalue weighted by Crippen LogP contribution is 2.51. The topological polar surface area (TPSA) is 118 Å². The smallest absolute Gasteiger partial charge is 0.254 e. The molecule has 0 aliphatic carbocycles. The zero-order valence-electron chi connectivity index (χ0n) is 27.1. The number of carbonyl (C=O) groups excluding carboxylic acids is 2. The van der Waals surface area contributed by atoms with E-state index >= 15 is 0 Å². The average Bonchev–Trinajstić information content (AvgIpc) is 3.08. The summed E-state index contributed by atoms with van der Waals surface area (Å²) in [7, 11) is 8.40. The number of amides is 1. The molecule has 1 atom stereocenters. The molecule has 2 heterocycles. The molecular formula is C37H38N2O8. The average molecular weight is 639 g/mol. The summed E-state index contributed by atoms with van der Waals surface area (Å²) in [6, 6.07) is 15.6. The van der Waals surface area contributed by atoms with Crippen LogP contribution in [0, 0.1) is 0 Å². The van der Waals surface area contributed by atoms with Crippen LogP contribution >= 0.6 is 0 Å². The number of rotatable bonds is 9. The Hall–Kier alpha value is -5.22. The van der Waals surface area contributed by atoms with Gasteiger partial charge in [-0.25, -0.2) is 0 Å². The van der Waals surface area contributed by atoms with E-state index in [2.05, 4.69) is 4.90 Å². The summed E-state index contributed by atoms with van der Waals surface area (Å²) in [5.41, 5.74) is 5.67. The Bertz CT molecular complexity index is 1870. The van der Waals surface area contributed by atoms with Crippen molar-refractivity contribution in [3.05, 3.63) is 88.0 Å². The second-order valence-corrected chi connectivity index (χ2v) is 11.9. The fraction of sp³-hybridized carbons (Fsp3) is 0.297. The van der Waals surface area contributed by atoms with Crippen LogP contribution in [0.4, 0.5) is 0 Å². The van der Waals surface area contributed by atoms with Crippen LogP contribution in [0.2, 0.25) is 0 Å². The number of likely N-dealkylation sites (N-methyl/N-ethyl adjacent to an activating group) is 2. The summed E-state index contributed by atoms with van der Waals surface area (Å²) in [5.74, 6) is 1.61. The zero-order valence-corrected chi connectivity index (χ0v) is 27.1. The molecule has 2 aliphatic rings. The third-order valence-corrected chi connectivity index (χ3v) is 9.20. The minimum atomic E-state index is -0.238. The van der Waals surface area contributed by atoms with Gasteiger partial charge in [0.25, 0.3) is 5.91 Å². The Morgan fingerprint density at radius 2 is 1.51 bits per heavy atom. The zero-order chi connectivity index (χ0) is 33.4. The van der Waals surface area contributed by atoms with Crippen LogP contribution in [0.15, 0.2) is 54.6 Å². The van der Waals surface area contributed by atoms with Crippen LogP contribution in [-0.4, -0.2) is 80.7 Å². The monoisotopic (exact) mass is 638 g/mol. The molecular weight excluding hydrogens is 600 g/mol. The summed E-state index contributed by atoms with van der Waals surface area (Å²) in [5, 5.41) is 22.3. The number of carbonyl (C=O) groups is 2. The maximum Gasteiger partial charge on any atom is 0.254 e. The van der Waals surface area contributed by atoms with E-state index in [-0.39, 0.29) is 34.9 Å². The first-order valence-corrected chi connectivity index (χ1v) is 15.4. The minimum Gasteiger partial charge on any atom is -0.507 e. The number of phenols is 2. The van der Waals surface area contributed by atoms with Crippen molar-refractivity contribution >= 4 is 12.2 Å². The lowest BCUT2D eigenvalue weighted by Crippen LogP contribution is -2.34. The van der Waals surface area contributed by atoms with Crippen molar-refractivity contribution in [1.82, 2.24) is 9.80 Å². The largest absolute Gasteiger partial charge is 0.507 e. The molecule has 0 radical (unpaired) electrons. The van der Waals surface area contributed by atoms with Gasteiger partial charge in [0.1, 0.15) is 17.8 Å². The molecule has 10 nitrogen and oxygen atoms in total. The first kappa shape index (κ1) is 31.7. The van der Waals surface area contributed by atoms with Crippen LogP contribution in [-0.2, 0) is 19.3 Å². The molecule has 4 aromatic carbocycles. The quantitative estimate of drug-likeness (QED) is 0.220. The Balaban J connectivity index is 1.46. The predicted molar refractivity (Wildman–Crippen MR) is 177 cm³/mol. The number of hydrogen-bond donors (Lipinski definition) is 2. The molecule has 10 heteroatoms. The normalized spacial score (nSPS) is 15.9. The van der Waals surface area contributed by atoms with Crippen molar-refractivity contribution in [2.24, 2.45) is 0 Å². The minimum absolute atomic E-state index is 0.0301. The van der Waals surface area contributed by atoms with E-state index in [4.69, 9.17) is 18.9 Å². The van der Waals surface area contributed by atoms with Crippen LogP contribution in [0.3, 0.4) is 0 Å². The van der Waals surface area contributed by atoms with Gasteiger partial charge in [0, 0.05) is 54.0 Å². The van der Waals surface area contributed by atoms with Crippen molar-refractivity contribution in [1.29, 1.82) is 0 Å². The molecule has 6 rings (SSSR count). The van der Waals surface area contributed by atoms with Crippen LogP contribution in [0.5, 0.6) is 40.2 Å². The lowest BCUT2D eigenvalue weighted by molar-refractivity contribution is 0.0780. The second kappa shape index (κ2) is 12.9. The summed E-state index contributed by atoms with van der Waals surface area (Å²) in [4.78, 5) is 28.5. The third-order valence-electron chi connectivity index (χ3n) is 9.20. The summed E-state index contributed by atoms with van der Waals surface area (Å²) in [6.45, 7) is 1.36. The van der Waals surface area contributed by atoms with Gasteiger partial charge in [-0.05, 0) is 91.5 Å². The molecule has 0 saturated carbocycles. The third kappa shape index (κ3) is 5.81. The molecule has 1 amide bonds. The lowest BCUT2D eigenvalue weighted by atomic mass is 9.87. The molecule has 4 aromatic rings. The fourth-order valence-corrected chi connectivity index (χ4v) is 6.56. The summed E-state index contributed by atoms with van der Waals surface area (Å²) < 4.78 is 23.5. The number of nitrogens with zero attached hydrogens (tertiary/aromatic N) is 2. The second-order valence-electron chi connectivity index (χ2n) is 11.9. The maximum absolute atomic E-state index is 13.1. The molecule has 0 aromatic heterocycles. The van der Waals surface area contributed by atoms with Gasteiger partial charge >= 0.3 is 0 Å². The Morgan fingerprint density at radius 3 is 2.23 bits per heavy atom. The number of ether oxygens (including phenoxy) is 4. The van der Waals surface area contributed by atoms with Crippen molar-refractivity contribution in [2.75, 3.05) is 48.5 Å². The number of aromatic hydroxyl groups is 2. The number of methoxy groups -OCH3 is 3. The predicted octanol–water partition coefficient (Wildman–Crippen LogP) is 5.80. The standard InChI is InChI=1S/C37H38N2O8/c1-38-12-11-24-18-33(46-5)35(42)36(47-32-19-25-23(17-31(32)45-4)10-13-39(2)37(25)43)34(24)28(38)16-21-7-9-30(44-3)27(14-21)26-15-22(20-40)6-8-29(26)41/h6-9,14-15,17-20,28,41-42H,10-13,16H2,1-5H3/t28-/m0/s1. The van der Waals surface area contributed by atoms with Crippen LogP contribution in [0.1, 0.15) is 49.0 Å². The van der Waals surface area contributed by atoms with Crippen molar-refractivity contribution in [2.45, 2.75) is 25.3 Å². The van der Waals surface area contributed by atoms with E-state index in [1.165, 1.54) is 13.2 Å². The molecule has 0 bridgehead atoms. The molecule has 0 spiro atoms. The summed E-state index contributed by atoms with van der Waals surface area (Å²) in [6.07, 6.45) is 2.64. The fourth-order valence-electron chi connectivity index (χ4n) is 6.56. The molecule has 0 fully saturated rings. The van der Waals surface area contributed by atoms with Gasteiger partial charge in [0.15, 0.2) is 23.0 Å². The van der Waals surface area contributed by atoms with E-state index < -0.39 is 0 Å². The van der Waals surface area contributed by atoms with Crippen molar-refractivity contribution in [3.8, 4) is 51.4 Å². The number of phenolic OH excluding ortho intramolecular Hbond substituents is 2. The highest BCUT2D eigenvalue weighted by atomic mass is 16.5. The highest BCUT2D eigenvalue weighted by molar-refractivity contribution is 5.97. The van der Waals surface area contributed by atoms with Crippen LogP contribution in [0.25, 0.3) is 11.1 Å². The molecule has 244 valence electrons. The first-order chi connectivity index (χ1) is 22.7. The number of aldehydes is 1. The van der Waals surface area contributed by atoms with Gasteiger partial charge in [-0.2, -0.15) is 0 Å². The van der Waals surface area contributed by atoms with Crippen LogP contribution < -0.4 is 18.9 Å². The van der Waals surface area contributed by atoms with Gasteiger partial charge in [0.2, 0.25) is 5.75 Å². The molecule has 0 saturated heterocycles. The summed E-state index contributed by atoms with van der Waals surface area (Å²) >= 11 is 0. The van der Waals surface area contributed by atoms with Gasteiger partial charge in [-0.1, -0.05) is 6.07 Å². The van der Waals surface area contributed by atoms with E-state index in [0.717, 1.165) is 35.1 Å². The number of fused-ring (bicyclic) bond motifs is 2. The van der Waals surface area contributed by atoms with Crippen molar-refractivity contribution < 1.29 is 38.7 Å². The molecule has 0 unspecified atom stereocenters. The van der Waals surface area contributed by atoms with E-state index in [1.54, 1.807) is 44.4 Å². The molecule has 2 N–H and O–H groups in total. The van der Waals surface area contributed by atoms with Gasteiger partial charge in [-0.15, -0.1) is 0 Å². The Morgan fingerprint density at radius 1 is 0.787 bits per heavy atom. The molecule has 2 aliphatic heterocycles.